The van der Waals surface area contributed by atoms with Gasteiger partial charge in [-0.2, -0.15) is 18.2 Å². The van der Waals surface area contributed by atoms with Gasteiger partial charge in [0.15, 0.2) is 11.6 Å². The zero-order chi connectivity index (χ0) is 22.6. The minimum absolute atomic E-state index is 0.0905. The van der Waals surface area contributed by atoms with Crippen LogP contribution in [-0.4, -0.2) is 40.5 Å². The molecule has 4 aromatic rings. The molecular formula is C18H17F3N6O3S. The highest BCUT2D eigenvalue weighted by Gasteiger charge is 2.58. The largest absolute Gasteiger partial charge is 0.425 e. The Labute approximate surface area is 176 Å². The van der Waals surface area contributed by atoms with Crippen molar-refractivity contribution in [2.45, 2.75) is 38.6 Å². The van der Waals surface area contributed by atoms with Gasteiger partial charge in [-0.15, -0.1) is 11.3 Å². The first kappa shape index (κ1) is 21.2. The summed E-state index contributed by atoms with van der Waals surface area (Å²) >= 11 is 1.40. The van der Waals surface area contributed by atoms with Crippen LogP contribution in [0.4, 0.5) is 13.2 Å². The van der Waals surface area contributed by atoms with E-state index in [-0.39, 0.29) is 23.8 Å². The molecule has 0 aliphatic rings. The molecule has 0 aliphatic carbocycles. The summed E-state index contributed by atoms with van der Waals surface area (Å²) in [4.78, 5) is 26.2. The molecule has 0 aliphatic heterocycles. The van der Waals surface area contributed by atoms with Crippen molar-refractivity contribution in [2.75, 3.05) is 0 Å². The average Bonchev–Trinajstić information content (AvgIpc) is 3.37. The number of nitrogens with zero attached hydrogens (tertiary/aromatic N) is 6. The lowest BCUT2D eigenvalue weighted by atomic mass is 9.97. The van der Waals surface area contributed by atoms with E-state index in [9.17, 15) is 23.1 Å². The van der Waals surface area contributed by atoms with Crippen molar-refractivity contribution in [3.8, 4) is 0 Å². The van der Waals surface area contributed by atoms with E-state index in [0.29, 0.717) is 10.2 Å². The second kappa shape index (κ2) is 7.27. The van der Waals surface area contributed by atoms with Crippen LogP contribution < -0.4 is 5.56 Å². The molecule has 0 aromatic carbocycles. The quantitative estimate of drug-likeness (QED) is 0.492. The zero-order valence-corrected chi connectivity index (χ0v) is 17.5. The van der Waals surface area contributed by atoms with Gasteiger partial charge in [-0.25, -0.2) is 9.97 Å². The number of aliphatic hydroxyl groups is 1. The summed E-state index contributed by atoms with van der Waals surface area (Å²) < 4.78 is 48.4. The highest BCUT2D eigenvalue weighted by molar-refractivity contribution is 7.18. The van der Waals surface area contributed by atoms with Gasteiger partial charge < -0.3 is 14.2 Å². The molecular weight excluding hydrogens is 437 g/mol. The Balaban J connectivity index is 1.64. The van der Waals surface area contributed by atoms with Crippen LogP contribution in [0, 0.1) is 13.8 Å². The summed E-state index contributed by atoms with van der Waals surface area (Å²) in [6.07, 6.45) is -2.27. The number of thiophene rings is 1. The maximum absolute atomic E-state index is 13.7. The lowest BCUT2D eigenvalue weighted by Gasteiger charge is -2.28. The highest BCUT2D eigenvalue weighted by atomic mass is 32.1. The van der Waals surface area contributed by atoms with Gasteiger partial charge in [0.25, 0.3) is 5.56 Å². The number of hydrogen-bond acceptors (Lipinski definition) is 8. The molecule has 0 radical (unpaired) electrons. The highest BCUT2D eigenvalue weighted by Crippen LogP contribution is 2.40. The summed E-state index contributed by atoms with van der Waals surface area (Å²) in [7, 11) is 1.34. The third-order valence-corrected chi connectivity index (χ3v) is 6.16. The van der Waals surface area contributed by atoms with Gasteiger partial charge in [0.05, 0.1) is 18.1 Å². The van der Waals surface area contributed by atoms with Crippen LogP contribution in [0.2, 0.25) is 0 Å². The van der Waals surface area contributed by atoms with Crippen LogP contribution in [0.3, 0.4) is 0 Å². The molecule has 0 fully saturated rings. The van der Waals surface area contributed by atoms with Gasteiger partial charge in [0.1, 0.15) is 11.4 Å². The van der Waals surface area contributed by atoms with Gasteiger partial charge in [-0.1, -0.05) is 5.16 Å². The Morgan fingerprint density at radius 2 is 2.00 bits per heavy atom. The lowest BCUT2D eigenvalue weighted by Crippen LogP contribution is -2.46. The Morgan fingerprint density at radius 3 is 2.65 bits per heavy atom. The van der Waals surface area contributed by atoms with Gasteiger partial charge in [-0.05, 0) is 19.4 Å². The number of aromatic nitrogens is 6. The first-order valence-electron chi connectivity index (χ1n) is 9.05. The molecule has 31 heavy (non-hydrogen) atoms. The van der Waals surface area contributed by atoms with E-state index in [2.05, 4.69) is 20.1 Å². The van der Waals surface area contributed by atoms with Crippen molar-refractivity contribution < 1.29 is 22.8 Å². The maximum Gasteiger partial charge on any atom is 0.425 e. The van der Waals surface area contributed by atoms with E-state index in [1.165, 1.54) is 35.5 Å². The van der Waals surface area contributed by atoms with Crippen LogP contribution in [0.5, 0.6) is 0 Å². The standard InChI is InChI=1S/C18H17F3N6O3S/c1-9-10(2)31-14-13(9)15(28)27(8-23-14)7-12-24-11(25-30-12)6-17(29,18(19,20)21)16-22-4-5-26(16)3/h4-5,8,29H,6-7H2,1-3H3. The van der Waals surface area contributed by atoms with Crippen LogP contribution in [0.1, 0.15) is 28.0 Å². The van der Waals surface area contributed by atoms with Crippen molar-refractivity contribution >= 4 is 21.6 Å². The maximum atomic E-state index is 13.7. The summed E-state index contributed by atoms with van der Waals surface area (Å²) in [6, 6.07) is 0. The number of halogens is 3. The number of rotatable bonds is 5. The van der Waals surface area contributed by atoms with E-state index in [1.54, 1.807) is 0 Å². The van der Waals surface area contributed by atoms with Crippen molar-refractivity contribution in [2.24, 2.45) is 7.05 Å². The summed E-state index contributed by atoms with van der Waals surface area (Å²) in [5.74, 6) is -1.06. The third-order valence-electron chi connectivity index (χ3n) is 5.05. The number of fused-ring (bicyclic) bond motifs is 1. The van der Waals surface area contributed by atoms with Crippen molar-refractivity contribution in [3.05, 3.63) is 57.1 Å². The second-order valence-electron chi connectivity index (χ2n) is 7.14. The minimum Gasteiger partial charge on any atom is -0.374 e. The van der Waals surface area contributed by atoms with Crippen molar-refractivity contribution in [3.63, 3.8) is 0 Å². The van der Waals surface area contributed by atoms with E-state index in [4.69, 9.17) is 4.52 Å². The molecule has 9 nitrogen and oxygen atoms in total. The Hall–Kier alpha value is -3.06. The second-order valence-corrected chi connectivity index (χ2v) is 8.35. The Morgan fingerprint density at radius 1 is 1.26 bits per heavy atom. The Bertz CT molecular complexity index is 1320. The molecule has 0 amide bonds. The van der Waals surface area contributed by atoms with Crippen molar-refractivity contribution in [1.82, 2.24) is 29.2 Å². The molecule has 0 saturated heterocycles. The predicted octanol–water partition coefficient (Wildman–Crippen LogP) is 2.23. The number of imidazole rings is 1. The molecule has 164 valence electrons. The fourth-order valence-corrected chi connectivity index (χ4v) is 4.24. The van der Waals surface area contributed by atoms with Gasteiger partial charge in [-0.3, -0.25) is 9.36 Å². The van der Waals surface area contributed by atoms with Crippen LogP contribution in [0.15, 0.2) is 28.0 Å². The van der Waals surface area contributed by atoms with Gasteiger partial charge in [0, 0.05) is 24.3 Å². The van der Waals surface area contributed by atoms with E-state index in [0.717, 1.165) is 21.2 Å². The molecule has 1 atom stereocenters. The summed E-state index contributed by atoms with van der Waals surface area (Å²) in [6.45, 7) is 3.54. The third kappa shape index (κ3) is 3.53. The molecule has 1 N–H and O–H groups in total. The van der Waals surface area contributed by atoms with Crippen molar-refractivity contribution in [1.29, 1.82) is 0 Å². The molecule has 0 spiro atoms. The first-order chi connectivity index (χ1) is 14.5. The van der Waals surface area contributed by atoms with E-state index < -0.39 is 24.0 Å². The number of aryl methyl sites for hydroxylation is 3. The minimum atomic E-state index is -5.03. The summed E-state index contributed by atoms with van der Waals surface area (Å²) in [5, 5.41) is 14.5. The lowest BCUT2D eigenvalue weighted by molar-refractivity contribution is -0.270. The fourth-order valence-electron chi connectivity index (χ4n) is 3.25. The van der Waals surface area contributed by atoms with E-state index in [1.807, 2.05) is 13.8 Å². The number of alkyl halides is 3. The van der Waals surface area contributed by atoms with E-state index >= 15 is 0 Å². The van der Waals surface area contributed by atoms with Gasteiger partial charge >= 0.3 is 6.18 Å². The van der Waals surface area contributed by atoms with Crippen LogP contribution >= 0.6 is 11.3 Å². The van der Waals surface area contributed by atoms with Crippen LogP contribution in [0.25, 0.3) is 10.2 Å². The average molecular weight is 454 g/mol. The zero-order valence-electron chi connectivity index (χ0n) is 16.6. The van der Waals surface area contributed by atoms with Crippen LogP contribution in [-0.2, 0) is 25.6 Å². The smallest absolute Gasteiger partial charge is 0.374 e. The topological polar surface area (TPSA) is 112 Å². The molecule has 4 heterocycles. The fraction of sp³-hybridized carbons (Fsp3) is 0.389. The molecule has 0 saturated carbocycles. The monoisotopic (exact) mass is 454 g/mol. The molecule has 4 rings (SSSR count). The predicted molar refractivity (Wildman–Crippen MR) is 104 cm³/mol. The molecule has 4 aromatic heterocycles. The van der Waals surface area contributed by atoms with Gasteiger partial charge in [0.2, 0.25) is 11.5 Å². The normalized spacial score (nSPS) is 14.3. The Kier molecular flexibility index (Phi) is 4.97. The molecule has 13 heteroatoms. The molecule has 1 unspecified atom stereocenters. The summed E-state index contributed by atoms with van der Waals surface area (Å²) in [5.41, 5.74) is -2.80. The number of hydrogen-bond donors (Lipinski definition) is 1. The first-order valence-corrected chi connectivity index (χ1v) is 9.86. The SMILES string of the molecule is Cc1sc2ncn(Cc3nc(CC(O)(c4nccn4C)C(F)(F)F)no3)c(=O)c2c1C. The molecule has 0 bridgehead atoms.